The number of carbonyl (C=O) groups is 2. The molecule has 0 aromatic carbocycles. The third-order valence-corrected chi connectivity index (χ3v) is 5.63. The van der Waals surface area contributed by atoms with Crippen molar-refractivity contribution >= 4 is 11.9 Å². The first-order chi connectivity index (χ1) is 10.0. The Morgan fingerprint density at radius 1 is 1.33 bits per heavy atom. The van der Waals surface area contributed by atoms with E-state index in [9.17, 15) is 14.7 Å². The van der Waals surface area contributed by atoms with Gasteiger partial charge in [-0.3, -0.25) is 9.59 Å². The fourth-order valence-electron chi connectivity index (χ4n) is 4.30. The number of carboxylic acids is 1. The highest BCUT2D eigenvalue weighted by Crippen LogP contribution is 2.56. The first-order valence-electron chi connectivity index (χ1n) is 7.68. The molecule has 6 nitrogen and oxygen atoms in total. The van der Waals surface area contributed by atoms with E-state index in [1.807, 2.05) is 0 Å². The first-order valence-corrected chi connectivity index (χ1v) is 7.68. The van der Waals surface area contributed by atoms with E-state index >= 15 is 0 Å². The van der Waals surface area contributed by atoms with Crippen molar-refractivity contribution in [3.63, 3.8) is 0 Å². The van der Waals surface area contributed by atoms with E-state index in [2.05, 4.69) is 11.4 Å². The molecule has 1 saturated heterocycles. The molecule has 0 aromatic heterocycles. The molecule has 2 bridgehead atoms. The summed E-state index contributed by atoms with van der Waals surface area (Å²) in [5.41, 5.74) is -0.755. The molecule has 2 aliphatic carbocycles. The maximum Gasteiger partial charge on any atom is 0.309 e. The number of fused-ring (bicyclic) bond motifs is 2. The van der Waals surface area contributed by atoms with Gasteiger partial charge < -0.3 is 15.3 Å². The van der Waals surface area contributed by atoms with Crippen LogP contribution < -0.4 is 5.32 Å². The van der Waals surface area contributed by atoms with Gasteiger partial charge in [-0.2, -0.15) is 5.26 Å². The molecule has 2 saturated carbocycles. The van der Waals surface area contributed by atoms with E-state index in [1.54, 1.807) is 4.90 Å². The molecular weight excluding hydrogens is 270 g/mol. The van der Waals surface area contributed by atoms with Gasteiger partial charge in [-0.1, -0.05) is 0 Å². The standard InChI is InChI=1S/C15H21N3O3/c16-8-11-2-1-7-18(11)12(19)9-17-15-5-3-14(10-15,4-6-15)13(20)21/h11,17H,1-7,9-10H2,(H,20,21). The van der Waals surface area contributed by atoms with Gasteiger partial charge in [-0.15, -0.1) is 0 Å². The van der Waals surface area contributed by atoms with Crippen LogP contribution in [0.4, 0.5) is 0 Å². The second-order valence-corrected chi connectivity index (χ2v) is 6.77. The predicted molar refractivity (Wildman–Crippen MR) is 74.2 cm³/mol. The van der Waals surface area contributed by atoms with Crippen LogP contribution in [0.25, 0.3) is 0 Å². The van der Waals surface area contributed by atoms with Crippen LogP contribution in [0.5, 0.6) is 0 Å². The zero-order valence-corrected chi connectivity index (χ0v) is 12.1. The summed E-state index contributed by atoms with van der Waals surface area (Å²) in [6.07, 6.45) is 5.33. The fraction of sp³-hybridized carbons (Fsp3) is 0.800. The molecule has 0 spiro atoms. The summed E-state index contributed by atoms with van der Waals surface area (Å²) in [5.74, 6) is -0.729. The van der Waals surface area contributed by atoms with Gasteiger partial charge in [0.1, 0.15) is 6.04 Å². The monoisotopic (exact) mass is 291 g/mol. The molecule has 0 aromatic rings. The summed E-state index contributed by atoms with van der Waals surface area (Å²) in [7, 11) is 0. The lowest BCUT2D eigenvalue weighted by Gasteiger charge is -2.29. The lowest BCUT2D eigenvalue weighted by atomic mass is 9.84. The predicted octanol–water partition coefficient (Wildman–Crippen LogP) is 0.878. The molecular formula is C15H21N3O3. The normalized spacial score (nSPS) is 37.7. The van der Waals surface area contributed by atoms with Crippen LogP contribution in [0, 0.1) is 16.7 Å². The van der Waals surface area contributed by atoms with Crippen molar-refractivity contribution in [2.24, 2.45) is 5.41 Å². The van der Waals surface area contributed by atoms with E-state index in [0.717, 1.165) is 25.7 Å². The van der Waals surface area contributed by atoms with Gasteiger partial charge in [0, 0.05) is 12.1 Å². The number of aliphatic carboxylic acids is 1. The average molecular weight is 291 g/mol. The number of nitrogens with zero attached hydrogens (tertiary/aromatic N) is 2. The van der Waals surface area contributed by atoms with Crippen LogP contribution in [0.3, 0.4) is 0 Å². The van der Waals surface area contributed by atoms with E-state index in [4.69, 9.17) is 5.26 Å². The average Bonchev–Trinajstić information content (AvgIpc) is 3.18. The zero-order valence-electron chi connectivity index (χ0n) is 12.1. The first kappa shape index (κ1) is 14.3. The summed E-state index contributed by atoms with van der Waals surface area (Å²) in [5, 5.41) is 21.7. The molecule has 21 heavy (non-hydrogen) atoms. The van der Waals surface area contributed by atoms with Gasteiger partial charge >= 0.3 is 5.97 Å². The van der Waals surface area contributed by atoms with Crippen LogP contribution in [-0.2, 0) is 9.59 Å². The Labute approximate surface area is 124 Å². The van der Waals surface area contributed by atoms with E-state index in [1.165, 1.54) is 0 Å². The van der Waals surface area contributed by atoms with E-state index < -0.39 is 11.4 Å². The van der Waals surface area contributed by atoms with Crippen LogP contribution in [0.1, 0.15) is 44.9 Å². The maximum atomic E-state index is 12.3. The molecule has 1 aliphatic heterocycles. The van der Waals surface area contributed by atoms with Gasteiger partial charge in [0.15, 0.2) is 0 Å². The molecule has 1 unspecified atom stereocenters. The lowest BCUT2D eigenvalue weighted by Crippen LogP contribution is -2.48. The van der Waals surface area contributed by atoms with Gasteiger partial charge in [0.2, 0.25) is 5.91 Å². The molecule has 1 heterocycles. The van der Waals surface area contributed by atoms with Crippen LogP contribution in [0.15, 0.2) is 0 Å². The van der Waals surface area contributed by atoms with Crippen LogP contribution >= 0.6 is 0 Å². The highest BCUT2D eigenvalue weighted by molar-refractivity contribution is 5.79. The SMILES string of the molecule is N#CC1CCCN1C(=O)CNC12CCC(C(=O)O)(CC1)C2. The number of carbonyl (C=O) groups excluding carboxylic acids is 1. The molecule has 6 heteroatoms. The number of nitriles is 1. The van der Waals surface area contributed by atoms with Gasteiger partial charge in [0.25, 0.3) is 0 Å². The van der Waals surface area contributed by atoms with Crippen LogP contribution in [-0.4, -0.2) is 46.6 Å². The number of amides is 1. The molecule has 1 amide bonds. The molecule has 3 rings (SSSR count). The summed E-state index contributed by atoms with van der Waals surface area (Å²) >= 11 is 0. The zero-order chi connectivity index (χ0) is 15.1. The van der Waals surface area contributed by atoms with Gasteiger partial charge in [0.05, 0.1) is 18.0 Å². The minimum atomic E-state index is -0.695. The second-order valence-electron chi connectivity index (χ2n) is 6.77. The Balaban J connectivity index is 1.58. The van der Waals surface area contributed by atoms with Gasteiger partial charge in [-0.25, -0.2) is 0 Å². The Hall–Kier alpha value is -1.61. The Morgan fingerprint density at radius 2 is 2.05 bits per heavy atom. The number of hydrogen-bond acceptors (Lipinski definition) is 4. The topological polar surface area (TPSA) is 93.4 Å². The lowest BCUT2D eigenvalue weighted by molar-refractivity contribution is -0.148. The summed E-state index contributed by atoms with van der Waals surface area (Å²) in [6, 6.07) is 1.89. The highest BCUT2D eigenvalue weighted by Gasteiger charge is 2.58. The minimum Gasteiger partial charge on any atom is -0.481 e. The van der Waals surface area contributed by atoms with Crippen molar-refractivity contribution in [3.8, 4) is 6.07 Å². The number of carboxylic acid groups (broad SMARTS) is 1. The summed E-state index contributed by atoms with van der Waals surface area (Å²) in [4.78, 5) is 25.3. The van der Waals surface area contributed by atoms with Crippen LogP contribution in [0.2, 0.25) is 0 Å². The minimum absolute atomic E-state index is 0.0341. The maximum absolute atomic E-state index is 12.3. The molecule has 3 fully saturated rings. The number of likely N-dealkylation sites (tertiary alicyclic amines) is 1. The third kappa shape index (κ3) is 2.30. The van der Waals surface area contributed by atoms with Crippen molar-refractivity contribution < 1.29 is 14.7 Å². The Bertz CT molecular complexity index is 503. The molecule has 114 valence electrons. The Kier molecular flexibility index (Phi) is 3.40. The van der Waals surface area contributed by atoms with E-state index in [-0.39, 0.29) is 24.0 Å². The number of hydrogen-bond donors (Lipinski definition) is 2. The largest absolute Gasteiger partial charge is 0.481 e. The van der Waals surface area contributed by atoms with E-state index in [0.29, 0.717) is 25.8 Å². The quantitative estimate of drug-likeness (QED) is 0.802. The summed E-state index contributed by atoms with van der Waals surface area (Å²) in [6.45, 7) is 0.874. The van der Waals surface area contributed by atoms with Crippen molar-refractivity contribution in [3.05, 3.63) is 0 Å². The van der Waals surface area contributed by atoms with Crippen molar-refractivity contribution in [1.29, 1.82) is 5.26 Å². The number of nitrogens with one attached hydrogen (secondary N) is 1. The summed E-state index contributed by atoms with van der Waals surface area (Å²) < 4.78 is 0. The van der Waals surface area contributed by atoms with Gasteiger partial charge in [-0.05, 0) is 44.9 Å². The number of rotatable bonds is 4. The molecule has 3 aliphatic rings. The molecule has 0 radical (unpaired) electrons. The van der Waals surface area contributed by atoms with Crippen molar-refractivity contribution in [2.45, 2.75) is 56.5 Å². The third-order valence-electron chi connectivity index (χ3n) is 5.63. The van der Waals surface area contributed by atoms with Crippen molar-refractivity contribution in [1.82, 2.24) is 10.2 Å². The smallest absolute Gasteiger partial charge is 0.309 e. The second kappa shape index (κ2) is 4.99. The Morgan fingerprint density at radius 3 is 2.62 bits per heavy atom. The molecule has 1 atom stereocenters. The molecule has 2 N–H and O–H groups in total. The fourth-order valence-corrected chi connectivity index (χ4v) is 4.30. The highest BCUT2D eigenvalue weighted by atomic mass is 16.4. The van der Waals surface area contributed by atoms with Crippen molar-refractivity contribution in [2.75, 3.05) is 13.1 Å².